The van der Waals surface area contributed by atoms with Gasteiger partial charge in [0.2, 0.25) is 0 Å². The second kappa shape index (κ2) is 4.67. The highest BCUT2D eigenvalue weighted by Crippen LogP contribution is 2.39. The third-order valence-electron chi connectivity index (χ3n) is 3.90. The quantitative estimate of drug-likeness (QED) is 0.894. The van der Waals surface area contributed by atoms with Gasteiger partial charge >= 0.3 is 0 Å². The number of rotatable bonds is 2. The van der Waals surface area contributed by atoms with Crippen LogP contribution in [0, 0.1) is 12.7 Å². The third-order valence-corrected chi connectivity index (χ3v) is 3.90. The van der Waals surface area contributed by atoms with E-state index in [1.165, 1.54) is 22.8 Å². The molecule has 0 aromatic heterocycles. The first-order valence-corrected chi connectivity index (χ1v) is 6.52. The lowest BCUT2D eigenvalue weighted by Gasteiger charge is -2.26. The Morgan fingerprint density at radius 3 is 2.74 bits per heavy atom. The predicted molar refractivity (Wildman–Crippen MR) is 75.6 cm³/mol. The van der Waals surface area contributed by atoms with E-state index in [9.17, 15) is 4.39 Å². The Hall–Kier alpha value is -1.87. The van der Waals surface area contributed by atoms with E-state index in [1.54, 1.807) is 6.07 Å². The highest BCUT2D eigenvalue weighted by atomic mass is 19.1. The summed E-state index contributed by atoms with van der Waals surface area (Å²) < 4.78 is 14.0. The number of nitrogens with two attached hydrogens (primary N) is 1. The Balaban J connectivity index is 2.07. The van der Waals surface area contributed by atoms with E-state index in [1.807, 2.05) is 18.2 Å². The highest BCUT2D eigenvalue weighted by molar-refractivity contribution is 5.57. The molecule has 0 aliphatic carbocycles. The van der Waals surface area contributed by atoms with Gasteiger partial charge in [0.15, 0.2) is 0 Å². The van der Waals surface area contributed by atoms with Gasteiger partial charge in [-0.3, -0.25) is 0 Å². The molecule has 3 rings (SSSR count). The molecule has 0 saturated carbocycles. The molecule has 98 valence electrons. The van der Waals surface area contributed by atoms with Gasteiger partial charge in [-0.05, 0) is 35.7 Å². The van der Waals surface area contributed by atoms with Gasteiger partial charge in [-0.15, -0.1) is 0 Å². The highest BCUT2D eigenvalue weighted by Gasteiger charge is 2.31. The fourth-order valence-electron chi connectivity index (χ4n) is 2.89. The van der Waals surface area contributed by atoms with Gasteiger partial charge in [0.05, 0.1) is 11.7 Å². The van der Waals surface area contributed by atoms with E-state index >= 15 is 0 Å². The van der Waals surface area contributed by atoms with Crippen LogP contribution >= 0.6 is 0 Å². The van der Waals surface area contributed by atoms with Gasteiger partial charge in [0.1, 0.15) is 5.82 Å². The van der Waals surface area contributed by atoms with E-state index in [0.717, 1.165) is 6.54 Å². The molecular weight excluding hydrogens is 239 g/mol. The lowest BCUT2D eigenvalue weighted by atomic mass is 10.0. The van der Waals surface area contributed by atoms with Crippen molar-refractivity contribution in [1.29, 1.82) is 0 Å². The molecule has 0 bridgehead atoms. The van der Waals surface area contributed by atoms with E-state index in [0.29, 0.717) is 12.2 Å². The average molecular weight is 256 g/mol. The summed E-state index contributed by atoms with van der Waals surface area (Å²) in [4.78, 5) is 2.06. The molecule has 2 N–H and O–H groups in total. The number of para-hydroxylation sites is 1. The minimum Gasteiger partial charge on any atom is -0.356 e. The maximum Gasteiger partial charge on any atom is 0.146 e. The fraction of sp³-hybridized carbons (Fsp3) is 0.250. The molecule has 1 heterocycles. The zero-order valence-corrected chi connectivity index (χ0v) is 10.9. The molecule has 1 aliphatic rings. The zero-order chi connectivity index (χ0) is 13.4. The van der Waals surface area contributed by atoms with Crippen molar-refractivity contribution in [3.63, 3.8) is 0 Å². The van der Waals surface area contributed by atoms with Crippen LogP contribution in [0.2, 0.25) is 0 Å². The van der Waals surface area contributed by atoms with Crippen molar-refractivity contribution in [2.75, 3.05) is 11.4 Å². The fourth-order valence-corrected chi connectivity index (χ4v) is 2.89. The van der Waals surface area contributed by atoms with Crippen LogP contribution in [0.3, 0.4) is 0 Å². The lowest BCUT2D eigenvalue weighted by molar-refractivity contribution is 0.600. The Morgan fingerprint density at radius 2 is 2.00 bits per heavy atom. The normalized spacial score (nSPS) is 17.6. The maximum absolute atomic E-state index is 14.0. The van der Waals surface area contributed by atoms with Crippen molar-refractivity contribution >= 4 is 5.69 Å². The summed E-state index contributed by atoms with van der Waals surface area (Å²) in [6.07, 6.45) is 0. The molecule has 0 fully saturated rings. The van der Waals surface area contributed by atoms with Gasteiger partial charge in [0.25, 0.3) is 0 Å². The molecule has 0 radical (unpaired) electrons. The largest absolute Gasteiger partial charge is 0.356 e. The van der Waals surface area contributed by atoms with Crippen LogP contribution in [0.1, 0.15) is 22.7 Å². The van der Waals surface area contributed by atoms with Crippen LogP contribution in [0.4, 0.5) is 10.1 Å². The molecule has 1 atom stereocenters. The third kappa shape index (κ3) is 1.90. The minimum absolute atomic E-state index is 0.0619. The summed E-state index contributed by atoms with van der Waals surface area (Å²) in [6.45, 7) is 3.31. The second-order valence-electron chi connectivity index (χ2n) is 4.97. The number of hydrogen-bond donors (Lipinski definition) is 1. The molecule has 3 heteroatoms. The van der Waals surface area contributed by atoms with Gasteiger partial charge in [0, 0.05) is 13.1 Å². The van der Waals surface area contributed by atoms with E-state index in [2.05, 4.69) is 24.0 Å². The van der Waals surface area contributed by atoms with E-state index < -0.39 is 0 Å². The monoisotopic (exact) mass is 256 g/mol. The Kier molecular flexibility index (Phi) is 2.99. The van der Waals surface area contributed by atoms with Gasteiger partial charge in [-0.25, -0.2) is 4.39 Å². The number of nitrogens with zero attached hydrogens (tertiary/aromatic N) is 1. The predicted octanol–water partition coefficient (Wildman–Crippen LogP) is 3.15. The average Bonchev–Trinajstić information content (AvgIpc) is 2.79. The standard InChI is InChI=1S/C16H17FN2/c1-11-5-4-6-12-13(11)10-19(16(12)9-18)15-8-3-2-7-14(15)17/h2-8,16H,9-10,18H2,1H3. The van der Waals surface area contributed by atoms with Crippen LogP contribution in [-0.4, -0.2) is 6.54 Å². The van der Waals surface area contributed by atoms with Crippen LogP contribution in [-0.2, 0) is 6.54 Å². The molecule has 0 spiro atoms. The smallest absolute Gasteiger partial charge is 0.146 e. The van der Waals surface area contributed by atoms with Crippen LogP contribution < -0.4 is 10.6 Å². The molecule has 2 aromatic carbocycles. The second-order valence-corrected chi connectivity index (χ2v) is 4.97. The first-order valence-electron chi connectivity index (χ1n) is 6.52. The number of benzene rings is 2. The van der Waals surface area contributed by atoms with Crippen molar-refractivity contribution < 1.29 is 4.39 Å². The van der Waals surface area contributed by atoms with Crippen molar-refractivity contribution in [2.45, 2.75) is 19.5 Å². The molecular formula is C16H17FN2. The first kappa shape index (κ1) is 12.2. The van der Waals surface area contributed by atoms with Crippen molar-refractivity contribution in [3.05, 3.63) is 65.0 Å². The van der Waals surface area contributed by atoms with Crippen molar-refractivity contribution in [1.82, 2.24) is 0 Å². The summed E-state index contributed by atoms with van der Waals surface area (Å²) in [5, 5.41) is 0. The van der Waals surface area contributed by atoms with Gasteiger partial charge in [-0.1, -0.05) is 30.3 Å². The summed E-state index contributed by atoms with van der Waals surface area (Å²) in [7, 11) is 0. The minimum atomic E-state index is -0.189. The number of fused-ring (bicyclic) bond motifs is 1. The van der Waals surface area contributed by atoms with Crippen molar-refractivity contribution in [2.24, 2.45) is 5.73 Å². The molecule has 2 nitrogen and oxygen atoms in total. The Labute approximate surface area is 112 Å². The molecule has 0 saturated heterocycles. The maximum atomic E-state index is 14.0. The van der Waals surface area contributed by atoms with Gasteiger partial charge < -0.3 is 10.6 Å². The topological polar surface area (TPSA) is 29.3 Å². The van der Waals surface area contributed by atoms with E-state index in [-0.39, 0.29) is 11.9 Å². The molecule has 2 aromatic rings. The van der Waals surface area contributed by atoms with Gasteiger partial charge in [-0.2, -0.15) is 0 Å². The van der Waals surface area contributed by atoms with E-state index in [4.69, 9.17) is 5.73 Å². The molecule has 19 heavy (non-hydrogen) atoms. The summed E-state index contributed by atoms with van der Waals surface area (Å²) in [5.41, 5.74) is 10.3. The first-order chi connectivity index (χ1) is 9.22. The van der Waals surface area contributed by atoms with Crippen LogP contribution in [0.5, 0.6) is 0 Å². The van der Waals surface area contributed by atoms with Crippen LogP contribution in [0.25, 0.3) is 0 Å². The molecule has 0 amide bonds. The SMILES string of the molecule is Cc1cccc2c1CN(c1ccccc1F)C2CN. The molecule has 1 aliphatic heterocycles. The summed E-state index contributed by atoms with van der Waals surface area (Å²) in [6, 6.07) is 13.2. The number of halogens is 1. The number of anilines is 1. The van der Waals surface area contributed by atoms with Crippen LogP contribution in [0.15, 0.2) is 42.5 Å². The zero-order valence-electron chi connectivity index (χ0n) is 10.9. The Bertz CT molecular complexity index is 609. The number of hydrogen-bond acceptors (Lipinski definition) is 2. The summed E-state index contributed by atoms with van der Waals surface area (Å²) >= 11 is 0. The molecule has 1 unspecified atom stereocenters. The number of aryl methyl sites for hydroxylation is 1. The summed E-state index contributed by atoms with van der Waals surface area (Å²) in [5.74, 6) is -0.189. The lowest BCUT2D eigenvalue weighted by Crippen LogP contribution is -2.28. The Morgan fingerprint density at radius 1 is 1.21 bits per heavy atom. The van der Waals surface area contributed by atoms with Crippen molar-refractivity contribution in [3.8, 4) is 0 Å².